The molecule has 0 spiro atoms. The van der Waals surface area contributed by atoms with Gasteiger partial charge >= 0.3 is 0 Å². The molecule has 4 aromatic rings. The van der Waals surface area contributed by atoms with Crippen LogP contribution < -0.4 is 14.8 Å². The van der Waals surface area contributed by atoms with E-state index in [0.717, 1.165) is 46.4 Å². The number of halogens is 2. The standard InChI is InChI=1S/C34H34Cl2N4O4/c1-19(41)14-37-27-11-10-20-12-21(13-30(43-2)31(20)27)23-6-4-7-24(32(23)35)25-8-5-9-26(33(25)36)28-15-38-29(34(39-28)44-3)18-40-16-22(42)17-40/h4-9,12-13,15,22,27,37,42H,10-11,14,16-18H2,1-3H3/t27-/m1/s1. The third-order valence-corrected chi connectivity index (χ3v) is 9.10. The topological polar surface area (TPSA) is 96.8 Å². The molecule has 0 unspecified atom stereocenters. The Morgan fingerprint density at radius 1 is 1.02 bits per heavy atom. The highest BCUT2D eigenvalue weighted by Gasteiger charge is 2.28. The quantitative estimate of drug-likeness (QED) is 0.215. The number of hydrogen-bond donors (Lipinski definition) is 2. The number of aromatic nitrogens is 2. The van der Waals surface area contributed by atoms with Crippen molar-refractivity contribution < 1.29 is 19.4 Å². The van der Waals surface area contributed by atoms with E-state index in [0.29, 0.717) is 59.1 Å². The molecule has 0 bridgehead atoms. The molecular weight excluding hydrogens is 599 g/mol. The molecule has 6 rings (SSSR count). The van der Waals surface area contributed by atoms with E-state index in [1.165, 1.54) is 5.56 Å². The molecule has 44 heavy (non-hydrogen) atoms. The van der Waals surface area contributed by atoms with Gasteiger partial charge in [-0.15, -0.1) is 0 Å². The van der Waals surface area contributed by atoms with Crippen LogP contribution in [0.1, 0.15) is 36.2 Å². The summed E-state index contributed by atoms with van der Waals surface area (Å²) in [6.45, 7) is 3.68. The van der Waals surface area contributed by atoms with Crippen molar-refractivity contribution in [2.75, 3.05) is 33.9 Å². The zero-order valence-corrected chi connectivity index (χ0v) is 26.4. The summed E-state index contributed by atoms with van der Waals surface area (Å²) in [4.78, 5) is 23.0. The Hall–Kier alpha value is -3.53. The molecule has 3 aromatic carbocycles. The summed E-state index contributed by atoms with van der Waals surface area (Å²) >= 11 is 14.2. The average Bonchev–Trinajstić information content (AvgIpc) is 3.42. The van der Waals surface area contributed by atoms with Crippen molar-refractivity contribution >= 4 is 29.0 Å². The van der Waals surface area contributed by atoms with Crippen LogP contribution in [0.4, 0.5) is 0 Å². The summed E-state index contributed by atoms with van der Waals surface area (Å²) in [5.74, 6) is 1.31. The predicted molar refractivity (Wildman–Crippen MR) is 172 cm³/mol. The highest BCUT2D eigenvalue weighted by Crippen LogP contribution is 2.45. The van der Waals surface area contributed by atoms with Crippen LogP contribution in [0.15, 0.2) is 54.7 Å². The highest BCUT2D eigenvalue weighted by molar-refractivity contribution is 6.39. The zero-order chi connectivity index (χ0) is 31.0. The Kier molecular flexibility index (Phi) is 8.89. The lowest BCUT2D eigenvalue weighted by Crippen LogP contribution is -2.50. The molecule has 10 heteroatoms. The first-order chi connectivity index (χ1) is 21.3. The number of Topliss-reactive ketones (excluding diaryl/α,β-unsaturated/α-hetero) is 1. The second-order valence-corrected chi connectivity index (χ2v) is 12.1. The van der Waals surface area contributed by atoms with Gasteiger partial charge in [0.25, 0.3) is 0 Å². The van der Waals surface area contributed by atoms with Crippen LogP contribution >= 0.6 is 23.2 Å². The third-order valence-electron chi connectivity index (χ3n) is 8.29. The Morgan fingerprint density at radius 2 is 1.70 bits per heavy atom. The zero-order valence-electron chi connectivity index (χ0n) is 24.9. The molecule has 1 aromatic heterocycles. The fourth-order valence-electron chi connectivity index (χ4n) is 6.11. The van der Waals surface area contributed by atoms with Crippen molar-refractivity contribution in [3.8, 4) is 45.1 Å². The number of ether oxygens (including phenoxy) is 2. The number of carbonyl (C=O) groups is 1. The monoisotopic (exact) mass is 632 g/mol. The highest BCUT2D eigenvalue weighted by atomic mass is 35.5. The fraction of sp³-hybridized carbons (Fsp3) is 0.324. The molecular formula is C34H34Cl2N4O4. The molecule has 2 heterocycles. The van der Waals surface area contributed by atoms with E-state index in [9.17, 15) is 9.90 Å². The largest absolute Gasteiger partial charge is 0.496 e. The van der Waals surface area contributed by atoms with Gasteiger partial charge in [-0.3, -0.25) is 14.7 Å². The van der Waals surface area contributed by atoms with Crippen molar-refractivity contribution in [3.05, 3.63) is 81.6 Å². The number of hydrogen-bond acceptors (Lipinski definition) is 8. The first-order valence-electron chi connectivity index (χ1n) is 14.6. The SMILES string of the molecule is COc1cc(-c2cccc(-c3cccc(-c4cnc(CN5CC(O)C5)c(OC)n4)c3Cl)c2Cl)cc2c1[C@H](NCC(C)=O)CC2. The minimum absolute atomic E-state index is 0.0701. The van der Waals surface area contributed by atoms with Crippen LogP contribution in [0.5, 0.6) is 11.6 Å². The lowest BCUT2D eigenvalue weighted by Gasteiger charge is -2.35. The molecule has 1 aliphatic carbocycles. The average molecular weight is 634 g/mol. The Balaban J connectivity index is 1.33. The van der Waals surface area contributed by atoms with Crippen LogP contribution in [0.25, 0.3) is 33.5 Å². The normalized spacial score (nSPS) is 16.5. The molecule has 1 fully saturated rings. The number of β-amino-alcohol motifs (C(OH)–C–C–N with tert-alkyl or cyclic N) is 1. The van der Waals surface area contributed by atoms with Crippen molar-refractivity contribution in [2.24, 2.45) is 0 Å². The van der Waals surface area contributed by atoms with Crippen molar-refractivity contribution in [3.63, 3.8) is 0 Å². The van der Waals surface area contributed by atoms with Crippen molar-refractivity contribution in [2.45, 2.75) is 38.5 Å². The van der Waals surface area contributed by atoms with Crippen LogP contribution in [0, 0.1) is 0 Å². The molecule has 8 nitrogen and oxygen atoms in total. The van der Waals surface area contributed by atoms with Crippen molar-refractivity contribution in [1.29, 1.82) is 0 Å². The minimum Gasteiger partial charge on any atom is -0.496 e. The molecule has 1 aliphatic heterocycles. The number of aliphatic hydroxyl groups excluding tert-OH is 1. The second kappa shape index (κ2) is 12.8. The summed E-state index contributed by atoms with van der Waals surface area (Å²) in [6.07, 6.45) is 3.18. The van der Waals surface area contributed by atoms with Gasteiger partial charge in [0.15, 0.2) is 0 Å². The van der Waals surface area contributed by atoms with Gasteiger partial charge in [0, 0.05) is 53.5 Å². The molecule has 2 N–H and O–H groups in total. The summed E-state index contributed by atoms with van der Waals surface area (Å²) in [5, 5.41) is 14.1. The van der Waals surface area contributed by atoms with E-state index in [-0.39, 0.29) is 17.9 Å². The van der Waals surface area contributed by atoms with Crippen LogP contribution in [0.3, 0.4) is 0 Å². The lowest BCUT2D eigenvalue weighted by atomic mass is 9.94. The number of rotatable bonds is 10. The van der Waals surface area contributed by atoms with E-state index in [1.54, 1.807) is 27.3 Å². The predicted octanol–water partition coefficient (Wildman–Crippen LogP) is 6.14. The number of nitrogens with zero attached hydrogens (tertiary/aromatic N) is 3. The van der Waals surface area contributed by atoms with Gasteiger partial charge in [0.05, 0.1) is 48.8 Å². The van der Waals surface area contributed by atoms with Crippen LogP contribution in [0.2, 0.25) is 10.0 Å². The van der Waals surface area contributed by atoms with E-state index >= 15 is 0 Å². The number of fused-ring (bicyclic) bond motifs is 1. The lowest BCUT2D eigenvalue weighted by molar-refractivity contribution is -0.116. The molecule has 1 saturated heterocycles. The summed E-state index contributed by atoms with van der Waals surface area (Å²) in [6, 6.07) is 16.0. The summed E-state index contributed by atoms with van der Waals surface area (Å²) in [5.41, 5.74) is 7.68. The maximum absolute atomic E-state index is 11.6. The number of benzene rings is 3. The molecule has 1 atom stereocenters. The molecule has 0 saturated carbocycles. The van der Waals surface area contributed by atoms with Gasteiger partial charge < -0.3 is 19.9 Å². The number of likely N-dealkylation sites (tertiary alicyclic amines) is 1. The Bertz CT molecular complexity index is 1720. The van der Waals surface area contributed by atoms with Crippen LogP contribution in [-0.2, 0) is 17.8 Å². The Labute approximate surface area is 267 Å². The van der Waals surface area contributed by atoms with E-state index in [4.69, 9.17) is 37.7 Å². The van der Waals surface area contributed by atoms with E-state index in [2.05, 4.69) is 21.3 Å². The number of aryl methyl sites for hydroxylation is 1. The number of ketones is 1. The molecule has 0 amide bonds. The van der Waals surface area contributed by atoms with Gasteiger partial charge in [0.2, 0.25) is 5.88 Å². The maximum atomic E-state index is 11.6. The molecule has 228 valence electrons. The number of aliphatic hydroxyl groups is 1. The second-order valence-electron chi connectivity index (χ2n) is 11.3. The Morgan fingerprint density at radius 3 is 2.36 bits per heavy atom. The van der Waals surface area contributed by atoms with Gasteiger partial charge in [-0.2, -0.15) is 0 Å². The summed E-state index contributed by atoms with van der Waals surface area (Å²) in [7, 11) is 3.24. The minimum atomic E-state index is -0.293. The first-order valence-corrected chi connectivity index (χ1v) is 15.3. The van der Waals surface area contributed by atoms with Crippen molar-refractivity contribution in [1.82, 2.24) is 20.2 Å². The van der Waals surface area contributed by atoms with Crippen LogP contribution in [-0.4, -0.2) is 65.7 Å². The first kappa shape index (κ1) is 30.5. The van der Waals surface area contributed by atoms with E-state index < -0.39 is 0 Å². The van der Waals surface area contributed by atoms with Gasteiger partial charge in [-0.25, -0.2) is 4.98 Å². The number of carbonyl (C=O) groups excluding carboxylic acids is 1. The maximum Gasteiger partial charge on any atom is 0.237 e. The van der Waals surface area contributed by atoms with Gasteiger partial charge in [-0.1, -0.05) is 65.7 Å². The smallest absolute Gasteiger partial charge is 0.237 e. The van der Waals surface area contributed by atoms with E-state index in [1.807, 2.05) is 42.5 Å². The fourth-order valence-corrected chi connectivity index (χ4v) is 6.77. The van der Waals surface area contributed by atoms with Gasteiger partial charge in [0.1, 0.15) is 17.2 Å². The summed E-state index contributed by atoms with van der Waals surface area (Å²) < 4.78 is 11.4. The van der Waals surface area contributed by atoms with Gasteiger partial charge in [-0.05, 0) is 37.0 Å². The third kappa shape index (κ3) is 5.93. The molecule has 2 aliphatic rings. The number of nitrogens with one attached hydrogen (secondary N) is 1. The number of methoxy groups -OCH3 is 2. The molecule has 0 radical (unpaired) electrons.